The first kappa shape index (κ1) is 18.9. The van der Waals surface area contributed by atoms with Crippen LogP contribution in [-0.2, 0) is 6.54 Å². The van der Waals surface area contributed by atoms with Gasteiger partial charge in [-0.3, -0.25) is 0 Å². The van der Waals surface area contributed by atoms with Crippen LogP contribution in [0.2, 0.25) is 5.02 Å². The highest BCUT2D eigenvalue weighted by molar-refractivity contribution is 9.10. The minimum Gasteiger partial charge on any atom is -0.382 e. The van der Waals surface area contributed by atoms with E-state index < -0.39 is 6.10 Å². The van der Waals surface area contributed by atoms with E-state index in [9.17, 15) is 5.11 Å². The molecule has 0 aliphatic rings. The van der Waals surface area contributed by atoms with Crippen molar-refractivity contribution in [2.75, 3.05) is 0 Å². The first-order valence-corrected chi connectivity index (χ1v) is 9.73. The van der Waals surface area contributed by atoms with Crippen molar-refractivity contribution in [3.05, 3.63) is 86.7 Å². The first-order valence-electron chi connectivity index (χ1n) is 8.56. The predicted octanol–water partition coefficient (Wildman–Crippen LogP) is 4.79. The maximum absolute atomic E-state index is 10.9. The third kappa shape index (κ3) is 3.87. The van der Waals surface area contributed by atoms with Gasteiger partial charge in [-0.2, -0.15) is 0 Å². The van der Waals surface area contributed by atoms with E-state index >= 15 is 0 Å². The number of nitrogens with zero attached hydrogens (tertiary/aromatic N) is 4. The smallest absolute Gasteiger partial charge is 0.173 e. The summed E-state index contributed by atoms with van der Waals surface area (Å²) < 4.78 is 8.10. The molecule has 0 radical (unpaired) electrons. The van der Waals surface area contributed by atoms with E-state index in [0.29, 0.717) is 34.3 Å². The molecule has 0 saturated carbocycles. The molecule has 0 aliphatic carbocycles. The molecular formula is C20H16BrClN4O2. The Hall–Kier alpha value is -2.48. The van der Waals surface area contributed by atoms with Crippen molar-refractivity contribution in [1.29, 1.82) is 0 Å². The van der Waals surface area contributed by atoms with Gasteiger partial charge in [-0.15, -0.1) is 5.10 Å². The zero-order valence-corrected chi connectivity index (χ0v) is 17.2. The molecule has 0 saturated heterocycles. The van der Waals surface area contributed by atoms with E-state index in [1.807, 2.05) is 48.5 Å². The standard InChI is InChI=1S/C20H16BrClN4O2/c1-12-18(20(28-24-12)14-5-7-15(21)8-6-14)19(27)17-11-26(25-23-17)10-13-3-2-4-16(22)9-13/h2-9,11,19,27H,10H2,1H3. The van der Waals surface area contributed by atoms with Crippen LogP contribution in [0.1, 0.15) is 28.6 Å². The van der Waals surface area contributed by atoms with E-state index in [-0.39, 0.29) is 0 Å². The summed E-state index contributed by atoms with van der Waals surface area (Å²) >= 11 is 9.45. The molecule has 2 aromatic heterocycles. The number of aliphatic hydroxyl groups is 1. The molecule has 0 bridgehead atoms. The second-order valence-corrected chi connectivity index (χ2v) is 7.74. The summed E-state index contributed by atoms with van der Waals surface area (Å²) in [6, 6.07) is 15.1. The van der Waals surface area contributed by atoms with Crippen LogP contribution < -0.4 is 0 Å². The third-order valence-corrected chi connectivity index (χ3v) is 5.12. The average Bonchev–Trinajstić information content (AvgIpc) is 3.29. The summed E-state index contributed by atoms with van der Waals surface area (Å²) in [5, 5.41) is 23.9. The highest BCUT2D eigenvalue weighted by atomic mass is 79.9. The van der Waals surface area contributed by atoms with Gasteiger partial charge in [-0.05, 0) is 36.8 Å². The lowest BCUT2D eigenvalue weighted by Gasteiger charge is -2.08. The van der Waals surface area contributed by atoms with Gasteiger partial charge in [-0.25, -0.2) is 4.68 Å². The zero-order valence-electron chi connectivity index (χ0n) is 14.9. The van der Waals surface area contributed by atoms with Crippen molar-refractivity contribution in [3.8, 4) is 11.3 Å². The summed E-state index contributed by atoms with van der Waals surface area (Å²) in [5.41, 5.74) is 3.43. The minimum absolute atomic E-state index is 0.423. The molecule has 0 spiro atoms. The van der Waals surface area contributed by atoms with Gasteiger partial charge in [0.1, 0.15) is 11.8 Å². The molecule has 1 N–H and O–H groups in total. The van der Waals surface area contributed by atoms with Crippen LogP contribution in [0.4, 0.5) is 0 Å². The number of hydrogen-bond acceptors (Lipinski definition) is 5. The van der Waals surface area contributed by atoms with Crippen molar-refractivity contribution >= 4 is 27.5 Å². The van der Waals surface area contributed by atoms with Crippen LogP contribution in [0.3, 0.4) is 0 Å². The van der Waals surface area contributed by atoms with Crippen molar-refractivity contribution in [1.82, 2.24) is 20.2 Å². The van der Waals surface area contributed by atoms with E-state index in [1.165, 1.54) is 0 Å². The Balaban J connectivity index is 1.62. The highest BCUT2D eigenvalue weighted by Gasteiger charge is 2.25. The molecule has 2 aromatic carbocycles. The number of aromatic nitrogens is 4. The molecule has 6 nitrogen and oxygen atoms in total. The molecule has 1 unspecified atom stereocenters. The Kier molecular flexibility index (Phi) is 5.30. The molecule has 4 aromatic rings. The van der Waals surface area contributed by atoms with Gasteiger partial charge in [0.25, 0.3) is 0 Å². The molecule has 4 rings (SSSR count). The second kappa shape index (κ2) is 7.87. The molecule has 0 fully saturated rings. The molecule has 28 heavy (non-hydrogen) atoms. The van der Waals surface area contributed by atoms with Crippen molar-refractivity contribution < 1.29 is 9.63 Å². The molecule has 0 aliphatic heterocycles. The Labute approximate surface area is 174 Å². The lowest BCUT2D eigenvalue weighted by atomic mass is 10.0. The van der Waals surface area contributed by atoms with E-state index in [1.54, 1.807) is 17.8 Å². The summed E-state index contributed by atoms with van der Waals surface area (Å²) in [6.07, 6.45) is 0.710. The summed E-state index contributed by atoms with van der Waals surface area (Å²) in [7, 11) is 0. The Morgan fingerprint density at radius 3 is 2.75 bits per heavy atom. The lowest BCUT2D eigenvalue weighted by molar-refractivity contribution is 0.214. The van der Waals surface area contributed by atoms with Gasteiger partial charge in [0.2, 0.25) is 0 Å². The van der Waals surface area contributed by atoms with Gasteiger partial charge >= 0.3 is 0 Å². The fraction of sp³-hybridized carbons (Fsp3) is 0.150. The lowest BCUT2D eigenvalue weighted by Crippen LogP contribution is -2.03. The Morgan fingerprint density at radius 2 is 2.00 bits per heavy atom. The SMILES string of the molecule is Cc1noc(-c2ccc(Br)cc2)c1C(O)c1cn(Cc2cccc(Cl)c2)nn1. The van der Waals surface area contributed by atoms with E-state index in [4.69, 9.17) is 16.1 Å². The summed E-state index contributed by atoms with van der Waals surface area (Å²) in [6.45, 7) is 2.29. The van der Waals surface area contributed by atoms with E-state index in [0.717, 1.165) is 15.6 Å². The quantitative estimate of drug-likeness (QED) is 0.464. The monoisotopic (exact) mass is 458 g/mol. The fourth-order valence-corrected chi connectivity index (χ4v) is 3.47. The van der Waals surface area contributed by atoms with Crippen LogP contribution in [0.5, 0.6) is 0 Å². The topological polar surface area (TPSA) is 77.0 Å². The van der Waals surface area contributed by atoms with Gasteiger partial charge in [-0.1, -0.05) is 62.2 Å². The number of benzene rings is 2. The number of aliphatic hydroxyl groups excluding tert-OH is 1. The zero-order chi connectivity index (χ0) is 19.7. The maximum atomic E-state index is 10.9. The number of hydrogen-bond donors (Lipinski definition) is 1. The summed E-state index contributed by atoms with van der Waals surface area (Å²) in [5.74, 6) is 0.516. The fourth-order valence-electron chi connectivity index (χ4n) is 2.99. The normalized spacial score (nSPS) is 12.3. The van der Waals surface area contributed by atoms with Crippen molar-refractivity contribution in [3.63, 3.8) is 0 Å². The molecule has 8 heteroatoms. The number of aryl methyl sites for hydroxylation is 1. The van der Waals surface area contributed by atoms with Crippen molar-refractivity contribution in [2.45, 2.75) is 19.6 Å². The Morgan fingerprint density at radius 1 is 1.21 bits per heavy atom. The van der Waals surface area contributed by atoms with Crippen LogP contribution >= 0.6 is 27.5 Å². The van der Waals surface area contributed by atoms with Crippen molar-refractivity contribution in [2.24, 2.45) is 0 Å². The molecule has 1 atom stereocenters. The minimum atomic E-state index is -1.00. The van der Waals surface area contributed by atoms with E-state index in [2.05, 4.69) is 31.4 Å². The van der Waals surface area contributed by atoms with Crippen LogP contribution in [0.25, 0.3) is 11.3 Å². The molecular weight excluding hydrogens is 444 g/mol. The average molecular weight is 460 g/mol. The third-order valence-electron chi connectivity index (χ3n) is 4.36. The summed E-state index contributed by atoms with van der Waals surface area (Å²) in [4.78, 5) is 0. The van der Waals surface area contributed by atoms with Gasteiger partial charge < -0.3 is 9.63 Å². The van der Waals surface area contributed by atoms with Gasteiger partial charge in [0, 0.05) is 15.1 Å². The largest absolute Gasteiger partial charge is 0.382 e. The second-order valence-electron chi connectivity index (χ2n) is 6.39. The molecule has 2 heterocycles. The number of halogens is 2. The van der Waals surface area contributed by atoms with Gasteiger partial charge in [0.05, 0.1) is 24.0 Å². The molecule has 142 valence electrons. The van der Waals surface area contributed by atoms with Crippen LogP contribution in [-0.4, -0.2) is 25.3 Å². The predicted molar refractivity (Wildman–Crippen MR) is 109 cm³/mol. The molecule has 0 amide bonds. The van der Waals surface area contributed by atoms with Gasteiger partial charge in [0.15, 0.2) is 5.76 Å². The Bertz CT molecular complexity index is 1110. The van der Waals surface area contributed by atoms with Crippen LogP contribution in [0, 0.1) is 6.92 Å². The van der Waals surface area contributed by atoms with Crippen LogP contribution in [0.15, 0.2) is 63.7 Å². The maximum Gasteiger partial charge on any atom is 0.173 e. The highest BCUT2D eigenvalue weighted by Crippen LogP contribution is 2.34. The number of rotatable bonds is 5. The first-order chi connectivity index (χ1) is 13.5.